The molecule has 112 valence electrons. The highest BCUT2D eigenvalue weighted by Gasteiger charge is 2.15. The van der Waals surface area contributed by atoms with E-state index < -0.39 is 0 Å². The molecule has 7 heteroatoms. The lowest BCUT2D eigenvalue weighted by Gasteiger charge is -2.12. The van der Waals surface area contributed by atoms with E-state index >= 15 is 0 Å². The summed E-state index contributed by atoms with van der Waals surface area (Å²) in [4.78, 5) is 7.88. The molecule has 0 saturated carbocycles. The van der Waals surface area contributed by atoms with Gasteiger partial charge in [0.2, 0.25) is 5.95 Å². The van der Waals surface area contributed by atoms with Crippen LogP contribution in [0, 0.1) is 11.3 Å². The number of hydrogen-bond donors (Lipinski definition) is 2. The zero-order valence-electron chi connectivity index (χ0n) is 12.0. The number of nitrogen functional groups attached to an aromatic ring is 2. The van der Waals surface area contributed by atoms with E-state index in [1.165, 1.54) is 7.11 Å². The quantitative estimate of drug-likeness (QED) is 0.806. The molecule has 1 aromatic heterocycles. The van der Waals surface area contributed by atoms with E-state index in [1.54, 1.807) is 24.3 Å². The Kier molecular flexibility index (Phi) is 4.44. The Bertz CT molecular complexity index is 752. The summed E-state index contributed by atoms with van der Waals surface area (Å²) < 4.78 is 10.8. The molecule has 2 rings (SSSR count). The van der Waals surface area contributed by atoms with Gasteiger partial charge in [-0.05, 0) is 18.2 Å². The number of methoxy groups -OCH3 is 1. The molecule has 1 heterocycles. The van der Waals surface area contributed by atoms with Crippen LogP contribution < -0.4 is 20.9 Å². The number of hydrogen-bond acceptors (Lipinski definition) is 7. The highest BCUT2D eigenvalue weighted by molar-refractivity contribution is 5.74. The lowest BCUT2D eigenvalue weighted by atomic mass is 10.1. The van der Waals surface area contributed by atoms with Gasteiger partial charge in [-0.25, -0.2) is 4.98 Å². The van der Waals surface area contributed by atoms with Gasteiger partial charge in [-0.3, -0.25) is 0 Å². The lowest BCUT2D eigenvalue weighted by molar-refractivity contribution is 0.326. The highest BCUT2D eigenvalue weighted by Crippen LogP contribution is 2.34. The summed E-state index contributed by atoms with van der Waals surface area (Å²) in [6.07, 6.45) is 1.63. The van der Waals surface area contributed by atoms with Gasteiger partial charge in [0.15, 0.2) is 11.5 Å². The van der Waals surface area contributed by atoms with Crippen LogP contribution in [0.1, 0.15) is 5.56 Å². The second-order valence-electron chi connectivity index (χ2n) is 4.27. The molecule has 0 bridgehead atoms. The number of ether oxygens (including phenoxy) is 2. The zero-order valence-corrected chi connectivity index (χ0v) is 12.0. The van der Waals surface area contributed by atoms with Crippen molar-refractivity contribution in [2.24, 2.45) is 0 Å². The van der Waals surface area contributed by atoms with Crippen LogP contribution in [0.3, 0.4) is 0 Å². The van der Waals surface area contributed by atoms with E-state index in [-0.39, 0.29) is 17.3 Å². The first-order chi connectivity index (χ1) is 10.6. The Hall–Kier alpha value is -3.27. The maximum Gasteiger partial charge on any atom is 0.222 e. The van der Waals surface area contributed by atoms with Gasteiger partial charge in [0, 0.05) is 5.56 Å². The number of anilines is 2. The predicted octanol–water partition coefficient (Wildman–Crippen LogP) is 1.75. The highest BCUT2D eigenvalue weighted by atomic mass is 16.5. The van der Waals surface area contributed by atoms with Crippen LogP contribution >= 0.6 is 0 Å². The molecule has 22 heavy (non-hydrogen) atoms. The molecule has 0 spiro atoms. The first-order valence-corrected chi connectivity index (χ1v) is 6.36. The minimum absolute atomic E-state index is 0.00236. The van der Waals surface area contributed by atoms with Crippen LogP contribution in [-0.2, 0) is 0 Å². The standard InChI is InChI=1S/C15H15N5O2/c1-3-6-22-11-5-4-9(7-12(11)21-2)13-10(8-16)14(17)20-15(18)19-13/h3-5,7H,1,6H2,2H3,(H4,17,18,19,20). The van der Waals surface area contributed by atoms with Crippen LogP contribution in [0.15, 0.2) is 30.9 Å². The molecule has 0 unspecified atom stereocenters. The van der Waals surface area contributed by atoms with Crippen LogP contribution in [0.5, 0.6) is 11.5 Å². The van der Waals surface area contributed by atoms with E-state index in [9.17, 15) is 5.26 Å². The Balaban J connectivity index is 2.54. The fourth-order valence-corrected chi connectivity index (χ4v) is 1.90. The van der Waals surface area contributed by atoms with E-state index in [0.717, 1.165) is 0 Å². The Morgan fingerprint density at radius 1 is 1.32 bits per heavy atom. The molecular weight excluding hydrogens is 282 g/mol. The summed E-state index contributed by atoms with van der Waals surface area (Å²) >= 11 is 0. The van der Waals surface area contributed by atoms with Crippen LogP contribution in [0.4, 0.5) is 11.8 Å². The van der Waals surface area contributed by atoms with Crippen molar-refractivity contribution in [3.63, 3.8) is 0 Å². The summed E-state index contributed by atoms with van der Waals surface area (Å²) in [5.41, 5.74) is 12.5. The first kappa shape index (κ1) is 15.1. The summed E-state index contributed by atoms with van der Waals surface area (Å²) in [5.74, 6) is 1.09. The Morgan fingerprint density at radius 3 is 2.73 bits per heavy atom. The van der Waals surface area contributed by atoms with Crippen molar-refractivity contribution in [1.29, 1.82) is 5.26 Å². The molecule has 0 atom stereocenters. The fraction of sp³-hybridized carbons (Fsp3) is 0.133. The second kappa shape index (κ2) is 6.45. The smallest absolute Gasteiger partial charge is 0.222 e. The molecule has 0 fully saturated rings. The van der Waals surface area contributed by atoms with Gasteiger partial charge in [0.1, 0.15) is 24.1 Å². The molecule has 1 aromatic carbocycles. The third-order valence-corrected chi connectivity index (χ3v) is 2.86. The minimum atomic E-state index is -0.00236. The topological polar surface area (TPSA) is 120 Å². The van der Waals surface area contributed by atoms with Gasteiger partial charge in [-0.1, -0.05) is 12.7 Å². The molecule has 0 saturated heterocycles. The van der Waals surface area contributed by atoms with E-state index in [1.807, 2.05) is 6.07 Å². The number of nitrogens with two attached hydrogens (primary N) is 2. The van der Waals surface area contributed by atoms with E-state index in [4.69, 9.17) is 20.9 Å². The average molecular weight is 297 g/mol. The second-order valence-corrected chi connectivity index (χ2v) is 4.27. The molecule has 0 aliphatic heterocycles. The van der Waals surface area contributed by atoms with Gasteiger partial charge in [0.05, 0.1) is 12.8 Å². The summed E-state index contributed by atoms with van der Waals surface area (Å²) in [5, 5.41) is 9.23. The molecule has 0 aliphatic carbocycles. The van der Waals surface area contributed by atoms with Crippen LogP contribution in [-0.4, -0.2) is 23.7 Å². The van der Waals surface area contributed by atoms with Crippen molar-refractivity contribution in [2.75, 3.05) is 25.2 Å². The number of nitrogens with zero attached hydrogens (tertiary/aromatic N) is 3. The summed E-state index contributed by atoms with van der Waals surface area (Å²) in [6.45, 7) is 3.95. The molecule has 0 radical (unpaired) electrons. The lowest BCUT2D eigenvalue weighted by Crippen LogP contribution is -2.05. The summed E-state index contributed by atoms with van der Waals surface area (Å²) in [7, 11) is 1.52. The molecule has 0 aliphatic rings. The van der Waals surface area contributed by atoms with Gasteiger partial charge in [0.25, 0.3) is 0 Å². The predicted molar refractivity (Wildman–Crippen MR) is 83.3 cm³/mol. The molecule has 0 amide bonds. The molecular formula is C15H15N5O2. The Labute approximate surface area is 127 Å². The number of nitriles is 1. The number of rotatable bonds is 5. The van der Waals surface area contributed by atoms with Gasteiger partial charge in [-0.15, -0.1) is 0 Å². The fourth-order valence-electron chi connectivity index (χ4n) is 1.90. The maximum atomic E-state index is 9.23. The average Bonchev–Trinajstić information content (AvgIpc) is 2.52. The third kappa shape index (κ3) is 2.91. The van der Waals surface area contributed by atoms with Crippen molar-refractivity contribution >= 4 is 11.8 Å². The van der Waals surface area contributed by atoms with Crippen molar-refractivity contribution in [1.82, 2.24) is 9.97 Å². The first-order valence-electron chi connectivity index (χ1n) is 6.36. The molecule has 2 aromatic rings. The van der Waals surface area contributed by atoms with Gasteiger partial charge < -0.3 is 20.9 Å². The van der Waals surface area contributed by atoms with Gasteiger partial charge >= 0.3 is 0 Å². The number of benzene rings is 1. The van der Waals surface area contributed by atoms with Crippen molar-refractivity contribution in [2.45, 2.75) is 0 Å². The largest absolute Gasteiger partial charge is 0.493 e. The molecule has 7 nitrogen and oxygen atoms in total. The Morgan fingerprint density at radius 2 is 2.09 bits per heavy atom. The molecule has 4 N–H and O–H groups in total. The SMILES string of the molecule is C=CCOc1ccc(-c2nc(N)nc(N)c2C#N)cc1OC. The monoisotopic (exact) mass is 297 g/mol. The zero-order chi connectivity index (χ0) is 16.1. The normalized spacial score (nSPS) is 9.82. The van der Waals surface area contributed by atoms with Gasteiger partial charge in [-0.2, -0.15) is 10.2 Å². The minimum Gasteiger partial charge on any atom is -0.493 e. The number of aromatic nitrogens is 2. The van der Waals surface area contributed by atoms with Crippen molar-refractivity contribution < 1.29 is 9.47 Å². The van der Waals surface area contributed by atoms with E-state index in [2.05, 4.69) is 16.5 Å². The summed E-state index contributed by atoms with van der Waals surface area (Å²) in [6, 6.07) is 7.13. The maximum absolute atomic E-state index is 9.23. The van der Waals surface area contributed by atoms with Crippen molar-refractivity contribution in [3.8, 4) is 28.8 Å². The van der Waals surface area contributed by atoms with Crippen LogP contribution in [0.25, 0.3) is 11.3 Å². The third-order valence-electron chi connectivity index (χ3n) is 2.86. The van der Waals surface area contributed by atoms with E-state index in [0.29, 0.717) is 29.4 Å². The van der Waals surface area contributed by atoms with Crippen molar-refractivity contribution in [3.05, 3.63) is 36.4 Å². The van der Waals surface area contributed by atoms with Crippen LogP contribution in [0.2, 0.25) is 0 Å².